The second-order valence-electron chi connectivity index (χ2n) is 5.51. The maximum absolute atomic E-state index is 12.2. The van der Waals surface area contributed by atoms with Gasteiger partial charge in [-0.15, -0.1) is 23.7 Å². The maximum Gasteiger partial charge on any atom is 0.387 e. The zero-order valence-electron chi connectivity index (χ0n) is 13.4. The number of carbonyl (C=O) groups excluding carboxylic acids is 1. The summed E-state index contributed by atoms with van der Waals surface area (Å²) in [4.78, 5) is 17.5. The Kier molecular flexibility index (Phi) is 6.69. The molecule has 1 fully saturated rings. The summed E-state index contributed by atoms with van der Waals surface area (Å²) in [6.07, 6.45) is 0.828. The van der Waals surface area contributed by atoms with Gasteiger partial charge in [-0.05, 0) is 44.2 Å². The Morgan fingerprint density at radius 2 is 2.12 bits per heavy atom. The molecule has 0 spiro atoms. The van der Waals surface area contributed by atoms with E-state index in [0.29, 0.717) is 11.7 Å². The van der Waals surface area contributed by atoms with Gasteiger partial charge in [0.1, 0.15) is 5.75 Å². The van der Waals surface area contributed by atoms with Gasteiger partial charge in [-0.25, -0.2) is 4.98 Å². The normalized spacial score (nSPS) is 16.6. The van der Waals surface area contributed by atoms with E-state index < -0.39 is 6.61 Å². The lowest BCUT2D eigenvalue weighted by atomic mass is 10.1. The minimum Gasteiger partial charge on any atom is -0.435 e. The van der Waals surface area contributed by atoms with Crippen LogP contribution in [0.25, 0.3) is 11.3 Å². The fourth-order valence-corrected chi connectivity index (χ4v) is 3.44. The smallest absolute Gasteiger partial charge is 0.387 e. The molecule has 1 saturated heterocycles. The summed E-state index contributed by atoms with van der Waals surface area (Å²) < 4.78 is 28.7. The molecule has 25 heavy (non-hydrogen) atoms. The minimum atomic E-state index is -2.84. The third-order valence-electron chi connectivity index (χ3n) is 3.81. The summed E-state index contributed by atoms with van der Waals surface area (Å²) in [5.74, 6) is 0.0494. The van der Waals surface area contributed by atoms with Crippen molar-refractivity contribution in [2.75, 3.05) is 18.4 Å². The molecule has 1 aromatic carbocycles. The summed E-state index contributed by atoms with van der Waals surface area (Å²) in [5, 5.41) is 6.56. The van der Waals surface area contributed by atoms with E-state index in [-0.39, 0.29) is 30.0 Å². The predicted molar refractivity (Wildman–Crippen MR) is 95.8 cm³/mol. The van der Waals surface area contributed by atoms with Crippen LogP contribution in [0.15, 0.2) is 24.3 Å². The largest absolute Gasteiger partial charge is 0.435 e. The number of hydrogen-bond acceptors (Lipinski definition) is 5. The number of alkyl halides is 2. The molecule has 5 nitrogen and oxygen atoms in total. The molecule has 0 radical (unpaired) electrons. The zero-order valence-corrected chi connectivity index (χ0v) is 15.1. The van der Waals surface area contributed by atoms with E-state index in [4.69, 9.17) is 0 Å². The third-order valence-corrected chi connectivity index (χ3v) is 4.70. The number of anilines is 1. The summed E-state index contributed by atoms with van der Waals surface area (Å²) >= 11 is 1.40. The highest BCUT2D eigenvalue weighted by molar-refractivity contribution is 7.16. The van der Waals surface area contributed by atoms with E-state index in [0.717, 1.165) is 29.1 Å². The second-order valence-corrected chi connectivity index (χ2v) is 6.71. The Hall–Kier alpha value is -1.77. The van der Waals surface area contributed by atoms with E-state index in [9.17, 15) is 13.6 Å². The molecule has 2 N–H and O–H groups in total. The molecular formula is C16H18ClF2N3O2S. The first-order valence-electron chi connectivity index (χ1n) is 7.57. The number of rotatable bonds is 5. The quantitative estimate of drug-likeness (QED) is 0.818. The first kappa shape index (κ1) is 19.6. The van der Waals surface area contributed by atoms with Crippen molar-refractivity contribution in [3.63, 3.8) is 0 Å². The second kappa shape index (κ2) is 8.55. The van der Waals surface area contributed by atoms with Crippen LogP contribution in [0.2, 0.25) is 0 Å². The highest BCUT2D eigenvalue weighted by Crippen LogP contribution is 2.31. The van der Waals surface area contributed by atoms with Crippen molar-refractivity contribution < 1.29 is 18.3 Å². The molecule has 2 heterocycles. The number of nitrogens with one attached hydrogen (secondary N) is 2. The molecular weight excluding hydrogens is 372 g/mol. The molecule has 1 aliphatic rings. The summed E-state index contributed by atoms with van der Waals surface area (Å²) in [7, 11) is 0. The lowest BCUT2D eigenvalue weighted by Crippen LogP contribution is -2.24. The Morgan fingerprint density at radius 1 is 1.40 bits per heavy atom. The average Bonchev–Trinajstić information content (AvgIpc) is 3.17. The van der Waals surface area contributed by atoms with Crippen molar-refractivity contribution in [1.29, 1.82) is 0 Å². The number of aryl methyl sites for hydroxylation is 1. The van der Waals surface area contributed by atoms with E-state index in [2.05, 4.69) is 20.4 Å². The first-order valence-corrected chi connectivity index (χ1v) is 8.39. The number of thiazole rings is 1. The van der Waals surface area contributed by atoms with Gasteiger partial charge >= 0.3 is 6.61 Å². The molecule has 9 heteroatoms. The number of hydrogen-bond donors (Lipinski definition) is 2. The van der Waals surface area contributed by atoms with E-state index in [1.807, 2.05) is 6.92 Å². The predicted octanol–water partition coefficient (Wildman–Crippen LogP) is 3.69. The van der Waals surface area contributed by atoms with Gasteiger partial charge in [0.2, 0.25) is 5.91 Å². The monoisotopic (exact) mass is 389 g/mol. The van der Waals surface area contributed by atoms with Crippen molar-refractivity contribution in [2.24, 2.45) is 5.92 Å². The zero-order chi connectivity index (χ0) is 17.1. The molecule has 0 bridgehead atoms. The highest BCUT2D eigenvalue weighted by Gasteiger charge is 2.23. The van der Waals surface area contributed by atoms with Gasteiger partial charge in [0, 0.05) is 17.0 Å². The summed E-state index contributed by atoms with van der Waals surface area (Å²) in [6, 6.07) is 6.30. The van der Waals surface area contributed by atoms with Crippen LogP contribution < -0.4 is 15.4 Å². The van der Waals surface area contributed by atoms with E-state index in [1.165, 1.54) is 23.5 Å². The van der Waals surface area contributed by atoms with Gasteiger partial charge in [0.25, 0.3) is 0 Å². The Labute approximate surface area is 154 Å². The number of benzene rings is 1. The van der Waals surface area contributed by atoms with Crippen LogP contribution in [-0.2, 0) is 4.79 Å². The van der Waals surface area contributed by atoms with Crippen molar-refractivity contribution >= 4 is 34.8 Å². The van der Waals surface area contributed by atoms with Crippen LogP contribution in [0.5, 0.6) is 5.75 Å². The molecule has 1 atom stereocenters. The molecule has 1 amide bonds. The van der Waals surface area contributed by atoms with Crippen molar-refractivity contribution in [2.45, 2.75) is 20.0 Å². The van der Waals surface area contributed by atoms with Crippen LogP contribution in [0.3, 0.4) is 0 Å². The molecule has 1 aromatic heterocycles. The van der Waals surface area contributed by atoms with Gasteiger partial charge in [-0.2, -0.15) is 8.78 Å². The molecule has 0 saturated carbocycles. The van der Waals surface area contributed by atoms with Crippen molar-refractivity contribution in [1.82, 2.24) is 10.3 Å². The van der Waals surface area contributed by atoms with E-state index >= 15 is 0 Å². The number of amides is 1. The van der Waals surface area contributed by atoms with Gasteiger partial charge in [-0.3, -0.25) is 4.79 Å². The van der Waals surface area contributed by atoms with Crippen LogP contribution in [0, 0.1) is 12.8 Å². The first-order chi connectivity index (χ1) is 11.5. The SMILES string of the molecule is Cc1sc(NC(=O)C2CCNC2)nc1-c1ccc(OC(F)F)cc1.Cl. The Morgan fingerprint density at radius 3 is 2.72 bits per heavy atom. The number of aromatic nitrogens is 1. The van der Waals surface area contributed by atoms with Gasteiger partial charge in [0.05, 0.1) is 11.6 Å². The maximum atomic E-state index is 12.2. The Bertz CT molecular complexity index is 719. The van der Waals surface area contributed by atoms with Gasteiger partial charge in [0.15, 0.2) is 5.13 Å². The van der Waals surface area contributed by atoms with Crippen LogP contribution in [0.4, 0.5) is 13.9 Å². The van der Waals surface area contributed by atoms with Gasteiger partial charge < -0.3 is 15.4 Å². The van der Waals surface area contributed by atoms with Crippen LogP contribution in [0.1, 0.15) is 11.3 Å². The number of nitrogens with zero attached hydrogens (tertiary/aromatic N) is 1. The number of ether oxygens (including phenoxy) is 1. The van der Waals surface area contributed by atoms with Crippen molar-refractivity contribution in [3.8, 4) is 17.0 Å². The van der Waals surface area contributed by atoms with Crippen molar-refractivity contribution in [3.05, 3.63) is 29.1 Å². The third kappa shape index (κ3) is 4.87. The van der Waals surface area contributed by atoms with Crippen LogP contribution in [-0.4, -0.2) is 30.6 Å². The average molecular weight is 390 g/mol. The molecule has 3 rings (SSSR count). The number of carbonyl (C=O) groups is 1. The molecule has 0 aliphatic carbocycles. The highest BCUT2D eigenvalue weighted by atomic mass is 35.5. The van der Waals surface area contributed by atoms with E-state index in [1.54, 1.807) is 12.1 Å². The minimum absolute atomic E-state index is 0. The summed E-state index contributed by atoms with van der Waals surface area (Å²) in [6.45, 7) is 0.606. The molecule has 1 unspecified atom stereocenters. The standard InChI is InChI=1S/C16H17F2N3O2S.ClH/c1-9-13(10-2-4-12(5-3-10)23-15(17)18)20-16(24-9)21-14(22)11-6-7-19-8-11;/h2-5,11,15,19H,6-8H2,1H3,(H,20,21,22);1H. The number of halogens is 3. The van der Waals surface area contributed by atoms with Gasteiger partial charge in [-0.1, -0.05) is 0 Å². The fourth-order valence-electron chi connectivity index (χ4n) is 2.60. The van der Waals surface area contributed by atoms with Crippen LogP contribution >= 0.6 is 23.7 Å². The molecule has 136 valence electrons. The summed E-state index contributed by atoms with van der Waals surface area (Å²) in [5.41, 5.74) is 1.51. The Balaban J connectivity index is 0.00000225. The molecule has 2 aromatic rings. The topological polar surface area (TPSA) is 63.2 Å². The lowest BCUT2D eigenvalue weighted by Gasteiger charge is -2.07. The lowest BCUT2D eigenvalue weighted by molar-refractivity contribution is -0.119. The molecule has 1 aliphatic heterocycles. The fraction of sp³-hybridized carbons (Fsp3) is 0.375.